The topological polar surface area (TPSA) is 76.1 Å². The summed E-state index contributed by atoms with van der Waals surface area (Å²) in [6.45, 7) is 7.88. The normalized spacial score (nSPS) is 12.4. The maximum atomic E-state index is 12.2. The summed E-state index contributed by atoms with van der Waals surface area (Å²) in [6, 6.07) is 13.0. The van der Waals surface area contributed by atoms with E-state index in [-0.39, 0.29) is 6.04 Å². The van der Waals surface area contributed by atoms with Gasteiger partial charge in [0.15, 0.2) is 0 Å². The molecule has 6 nitrogen and oxygen atoms in total. The van der Waals surface area contributed by atoms with Crippen LogP contribution in [0, 0.1) is 0 Å². The lowest BCUT2D eigenvalue weighted by Gasteiger charge is -2.23. The van der Waals surface area contributed by atoms with Crippen LogP contribution in [-0.4, -0.2) is 21.7 Å². The van der Waals surface area contributed by atoms with Crippen molar-refractivity contribution in [1.82, 2.24) is 15.3 Å². The number of hydrogen-bond donors (Lipinski definition) is 2. The highest BCUT2D eigenvalue weighted by Gasteiger charge is 2.21. The predicted octanol–water partition coefficient (Wildman–Crippen LogP) is 5.48. The molecule has 152 valence electrons. The van der Waals surface area contributed by atoms with Crippen LogP contribution in [0.2, 0.25) is 5.02 Å². The van der Waals surface area contributed by atoms with Gasteiger partial charge in [-0.1, -0.05) is 29.8 Å². The van der Waals surface area contributed by atoms with Crippen LogP contribution in [0.4, 0.5) is 10.6 Å². The minimum Gasteiger partial charge on any atom is -0.444 e. The Bertz CT molecular complexity index is 1000. The van der Waals surface area contributed by atoms with Crippen molar-refractivity contribution in [3.63, 3.8) is 0 Å². The number of ether oxygens (including phenoxy) is 1. The van der Waals surface area contributed by atoms with Crippen LogP contribution in [0.1, 0.15) is 45.0 Å². The Kier molecular flexibility index (Phi) is 6.23. The van der Waals surface area contributed by atoms with Gasteiger partial charge in [-0.25, -0.2) is 9.78 Å². The number of alkyl carbamates (subject to hydrolysis) is 1. The highest BCUT2D eigenvalue weighted by Crippen LogP contribution is 2.30. The molecule has 29 heavy (non-hydrogen) atoms. The zero-order valence-corrected chi connectivity index (χ0v) is 17.7. The van der Waals surface area contributed by atoms with Gasteiger partial charge in [-0.2, -0.15) is 0 Å². The van der Waals surface area contributed by atoms with Crippen LogP contribution in [0.3, 0.4) is 0 Å². The van der Waals surface area contributed by atoms with E-state index in [4.69, 9.17) is 21.3 Å². The van der Waals surface area contributed by atoms with Crippen molar-refractivity contribution >= 4 is 34.4 Å². The van der Waals surface area contributed by atoms with Gasteiger partial charge in [-0.15, -0.1) is 0 Å². The number of halogens is 1. The minimum absolute atomic E-state index is 0.327. The van der Waals surface area contributed by atoms with Gasteiger partial charge in [0.25, 0.3) is 0 Å². The second kappa shape index (κ2) is 8.66. The fraction of sp³-hybridized carbons (Fsp3) is 0.318. The third kappa shape index (κ3) is 5.57. The van der Waals surface area contributed by atoms with E-state index in [1.165, 1.54) is 0 Å². The van der Waals surface area contributed by atoms with Gasteiger partial charge in [0.05, 0.1) is 28.8 Å². The standard InChI is InChI=1S/C22H25ClN4O2/c1-14(26-21(28)29-22(2,3)4)17-12-15-8-7-10-18(23)19(15)27-20(17)25-13-16-9-5-6-11-24-16/h5-12,14H,13H2,1-4H3,(H,25,27)(H,26,28)/t14-/m0/s1. The number of rotatable bonds is 5. The summed E-state index contributed by atoms with van der Waals surface area (Å²) in [5.41, 5.74) is 1.85. The Hall–Kier alpha value is -2.86. The van der Waals surface area contributed by atoms with Gasteiger partial charge >= 0.3 is 6.09 Å². The highest BCUT2D eigenvalue weighted by atomic mass is 35.5. The summed E-state index contributed by atoms with van der Waals surface area (Å²) in [5.74, 6) is 0.639. The van der Waals surface area contributed by atoms with E-state index in [9.17, 15) is 4.79 Å². The molecule has 0 unspecified atom stereocenters. The van der Waals surface area contributed by atoms with Gasteiger partial charge in [-0.05, 0) is 52.0 Å². The highest BCUT2D eigenvalue weighted by molar-refractivity contribution is 6.35. The summed E-state index contributed by atoms with van der Waals surface area (Å²) in [4.78, 5) is 21.3. The molecule has 0 saturated carbocycles. The van der Waals surface area contributed by atoms with E-state index in [0.29, 0.717) is 22.9 Å². The van der Waals surface area contributed by atoms with Gasteiger partial charge in [-0.3, -0.25) is 4.98 Å². The Morgan fingerprint density at radius 3 is 2.69 bits per heavy atom. The number of benzene rings is 1. The number of carbonyl (C=O) groups is 1. The fourth-order valence-electron chi connectivity index (χ4n) is 2.89. The first-order chi connectivity index (χ1) is 13.7. The number of nitrogens with one attached hydrogen (secondary N) is 2. The number of hydrogen-bond acceptors (Lipinski definition) is 5. The van der Waals surface area contributed by atoms with E-state index in [1.54, 1.807) is 6.20 Å². The number of carbonyl (C=O) groups excluding carboxylic acids is 1. The molecule has 0 fully saturated rings. The van der Waals surface area contributed by atoms with Crippen LogP contribution >= 0.6 is 11.6 Å². The van der Waals surface area contributed by atoms with E-state index in [2.05, 4.69) is 15.6 Å². The summed E-state index contributed by atoms with van der Waals surface area (Å²) in [6.07, 6.45) is 1.27. The van der Waals surface area contributed by atoms with Crippen molar-refractivity contribution in [2.24, 2.45) is 0 Å². The van der Waals surface area contributed by atoms with E-state index < -0.39 is 11.7 Å². The largest absolute Gasteiger partial charge is 0.444 e. The summed E-state index contributed by atoms with van der Waals surface area (Å²) >= 11 is 6.34. The summed E-state index contributed by atoms with van der Waals surface area (Å²) in [5, 5.41) is 7.68. The third-order valence-corrected chi connectivity index (χ3v) is 4.49. The Labute approximate surface area is 175 Å². The van der Waals surface area contributed by atoms with Crippen LogP contribution in [0.25, 0.3) is 10.9 Å². The van der Waals surface area contributed by atoms with Crippen LogP contribution in [0.5, 0.6) is 0 Å². The fourth-order valence-corrected chi connectivity index (χ4v) is 3.11. The minimum atomic E-state index is -0.570. The Balaban J connectivity index is 1.91. The lowest BCUT2D eigenvalue weighted by Crippen LogP contribution is -2.34. The first-order valence-corrected chi connectivity index (χ1v) is 9.83. The Morgan fingerprint density at radius 1 is 1.21 bits per heavy atom. The number of amides is 1. The van der Waals surface area contributed by atoms with Crippen molar-refractivity contribution in [2.75, 3.05) is 5.32 Å². The van der Waals surface area contributed by atoms with Crippen molar-refractivity contribution in [3.8, 4) is 0 Å². The molecule has 0 spiro atoms. The van der Waals surface area contributed by atoms with Gasteiger partial charge in [0.2, 0.25) is 0 Å². The number of pyridine rings is 2. The van der Waals surface area contributed by atoms with Crippen molar-refractivity contribution in [1.29, 1.82) is 0 Å². The first-order valence-electron chi connectivity index (χ1n) is 9.45. The molecule has 2 N–H and O–H groups in total. The van der Waals surface area contributed by atoms with Crippen molar-refractivity contribution < 1.29 is 9.53 Å². The molecule has 0 aliphatic heterocycles. The maximum Gasteiger partial charge on any atom is 0.408 e. The van der Waals surface area contributed by atoms with E-state index in [1.807, 2.05) is 70.2 Å². The van der Waals surface area contributed by atoms with Gasteiger partial charge in [0.1, 0.15) is 11.4 Å². The lowest BCUT2D eigenvalue weighted by atomic mass is 10.1. The van der Waals surface area contributed by atoms with Crippen LogP contribution < -0.4 is 10.6 Å². The van der Waals surface area contributed by atoms with Crippen molar-refractivity contribution in [2.45, 2.75) is 45.9 Å². The smallest absolute Gasteiger partial charge is 0.408 e. The molecule has 7 heteroatoms. The molecule has 0 radical (unpaired) electrons. The molecule has 3 aromatic rings. The van der Waals surface area contributed by atoms with E-state index in [0.717, 1.165) is 16.6 Å². The molecule has 2 aromatic heterocycles. The van der Waals surface area contributed by atoms with Gasteiger partial charge < -0.3 is 15.4 Å². The molecule has 0 bridgehead atoms. The molecule has 0 aliphatic carbocycles. The first kappa shape index (κ1) is 20.9. The molecular formula is C22H25ClN4O2. The van der Waals surface area contributed by atoms with E-state index >= 15 is 0 Å². The molecule has 1 atom stereocenters. The molecule has 0 saturated heterocycles. The predicted molar refractivity (Wildman–Crippen MR) is 116 cm³/mol. The monoisotopic (exact) mass is 412 g/mol. The average Bonchev–Trinajstić information content (AvgIpc) is 2.65. The summed E-state index contributed by atoms with van der Waals surface area (Å²) < 4.78 is 5.38. The lowest BCUT2D eigenvalue weighted by molar-refractivity contribution is 0.0508. The Morgan fingerprint density at radius 2 is 2.00 bits per heavy atom. The number of fused-ring (bicyclic) bond motifs is 1. The zero-order chi connectivity index (χ0) is 21.0. The second-order valence-corrected chi connectivity index (χ2v) is 8.19. The third-order valence-electron chi connectivity index (χ3n) is 4.19. The number of anilines is 1. The van der Waals surface area contributed by atoms with Crippen LogP contribution in [-0.2, 0) is 11.3 Å². The van der Waals surface area contributed by atoms with Crippen LogP contribution in [0.15, 0.2) is 48.7 Å². The SMILES string of the molecule is C[C@H](NC(=O)OC(C)(C)C)c1cc2cccc(Cl)c2nc1NCc1ccccn1. The van der Waals surface area contributed by atoms with Gasteiger partial charge in [0, 0.05) is 17.1 Å². The van der Waals surface area contributed by atoms with Crippen molar-refractivity contribution in [3.05, 3.63) is 64.9 Å². The molecule has 2 heterocycles. The molecular weight excluding hydrogens is 388 g/mol. The molecule has 0 aliphatic rings. The molecule has 1 aromatic carbocycles. The summed E-state index contributed by atoms with van der Waals surface area (Å²) in [7, 11) is 0. The molecule has 1 amide bonds. The number of para-hydroxylation sites is 1. The second-order valence-electron chi connectivity index (χ2n) is 7.78. The number of nitrogens with zero attached hydrogens (tertiary/aromatic N) is 2. The maximum absolute atomic E-state index is 12.2. The number of aromatic nitrogens is 2. The zero-order valence-electron chi connectivity index (χ0n) is 17.0. The average molecular weight is 413 g/mol. The molecule has 3 rings (SSSR count). The quantitative estimate of drug-likeness (QED) is 0.580.